The zero-order valence-electron chi connectivity index (χ0n) is 9.59. The van der Waals surface area contributed by atoms with Crippen molar-refractivity contribution in [2.24, 2.45) is 0 Å². The van der Waals surface area contributed by atoms with Crippen molar-refractivity contribution in [2.45, 2.75) is 38.1 Å². The van der Waals surface area contributed by atoms with Crippen LogP contribution in [0.15, 0.2) is 18.2 Å². The van der Waals surface area contributed by atoms with Gasteiger partial charge in [-0.1, -0.05) is 18.9 Å². The molecule has 1 aromatic rings. The van der Waals surface area contributed by atoms with E-state index in [1.54, 1.807) is 6.07 Å². The Morgan fingerprint density at radius 3 is 2.69 bits per heavy atom. The molecule has 3 nitrogen and oxygen atoms in total. The largest absolute Gasteiger partial charge is 0.396 e. The summed E-state index contributed by atoms with van der Waals surface area (Å²) in [5.74, 6) is 0. The van der Waals surface area contributed by atoms with Crippen LogP contribution >= 0.6 is 0 Å². The fourth-order valence-corrected chi connectivity index (χ4v) is 2.38. The van der Waals surface area contributed by atoms with Crippen LogP contribution in [0.1, 0.15) is 38.2 Å². The molecular formula is C13H17N3. The first-order valence-electron chi connectivity index (χ1n) is 5.71. The molecule has 0 heterocycles. The maximum atomic E-state index is 8.91. The minimum Gasteiger partial charge on any atom is -0.396 e. The topological polar surface area (TPSA) is 61.8 Å². The van der Waals surface area contributed by atoms with Crippen molar-refractivity contribution in [1.82, 2.24) is 0 Å². The molecule has 0 spiro atoms. The zero-order valence-corrected chi connectivity index (χ0v) is 9.59. The molecule has 3 heteroatoms. The molecular weight excluding hydrogens is 198 g/mol. The van der Waals surface area contributed by atoms with Gasteiger partial charge in [-0.05, 0) is 31.9 Å². The molecule has 1 aliphatic carbocycles. The Bertz CT molecular complexity index is 425. The van der Waals surface area contributed by atoms with Gasteiger partial charge in [-0.3, -0.25) is 0 Å². The van der Waals surface area contributed by atoms with Crippen molar-refractivity contribution in [3.63, 3.8) is 0 Å². The van der Waals surface area contributed by atoms with E-state index in [2.05, 4.69) is 18.3 Å². The van der Waals surface area contributed by atoms with E-state index in [4.69, 9.17) is 11.0 Å². The Labute approximate surface area is 96.3 Å². The van der Waals surface area contributed by atoms with E-state index in [-0.39, 0.29) is 5.54 Å². The number of hydrogen-bond donors (Lipinski definition) is 2. The van der Waals surface area contributed by atoms with Crippen molar-refractivity contribution >= 4 is 11.4 Å². The maximum absolute atomic E-state index is 8.91. The number of rotatable bonds is 2. The van der Waals surface area contributed by atoms with Crippen molar-refractivity contribution in [3.05, 3.63) is 23.8 Å². The number of para-hydroxylation sites is 1. The summed E-state index contributed by atoms with van der Waals surface area (Å²) in [6.45, 7) is 2.22. The predicted octanol–water partition coefficient (Wildman–Crippen LogP) is 2.89. The molecule has 84 valence electrons. The molecule has 0 radical (unpaired) electrons. The second-order valence-electron chi connectivity index (χ2n) is 4.77. The average molecular weight is 215 g/mol. The van der Waals surface area contributed by atoms with Crippen LogP contribution < -0.4 is 11.1 Å². The lowest BCUT2D eigenvalue weighted by atomic mass is 9.99. The molecule has 0 unspecified atom stereocenters. The fraction of sp³-hybridized carbons (Fsp3) is 0.462. The van der Waals surface area contributed by atoms with E-state index in [1.807, 2.05) is 12.1 Å². The Hall–Kier alpha value is -1.69. The summed E-state index contributed by atoms with van der Waals surface area (Å²) >= 11 is 0. The van der Waals surface area contributed by atoms with E-state index in [0.717, 1.165) is 5.69 Å². The Morgan fingerprint density at radius 2 is 2.06 bits per heavy atom. The lowest BCUT2D eigenvalue weighted by Gasteiger charge is -2.27. The van der Waals surface area contributed by atoms with Gasteiger partial charge in [0, 0.05) is 5.54 Å². The third kappa shape index (κ3) is 1.96. The number of nitrogens with one attached hydrogen (secondary N) is 1. The quantitative estimate of drug-likeness (QED) is 0.746. The van der Waals surface area contributed by atoms with E-state index >= 15 is 0 Å². The maximum Gasteiger partial charge on any atom is 0.101 e. The molecule has 1 aliphatic rings. The first kappa shape index (κ1) is 10.8. The predicted molar refractivity (Wildman–Crippen MR) is 66.1 cm³/mol. The molecule has 1 aromatic carbocycles. The van der Waals surface area contributed by atoms with Gasteiger partial charge >= 0.3 is 0 Å². The first-order valence-corrected chi connectivity index (χ1v) is 5.71. The molecule has 0 aliphatic heterocycles. The number of anilines is 2. The van der Waals surface area contributed by atoms with Gasteiger partial charge < -0.3 is 11.1 Å². The van der Waals surface area contributed by atoms with Crippen LogP contribution in [-0.4, -0.2) is 5.54 Å². The molecule has 0 atom stereocenters. The van der Waals surface area contributed by atoms with Crippen LogP contribution in [0.25, 0.3) is 0 Å². The van der Waals surface area contributed by atoms with Gasteiger partial charge in [-0.25, -0.2) is 0 Å². The van der Waals surface area contributed by atoms with Gasteiger partial charge in [-0.15, -0.1) is 0 Å². The second kappa shape index (κ2) is 4.05. The highest BCUT2D eigenvalue weighted by molar-refractivity contribution is 5.73. The monoisotopic (exact) mass is 215 g/mol. The van der Waals surface area contributed by atoms with E-state index in [1.165, 1.54) is 25.7 Å². The van der Waals surface area contributed by atoms with E-state index in [9.17, 15) is 0 Å². The van der Waals surface area contributed by atoms with Crippen LogP contribution in [0.2, 0.25) is 0 Å². The van der Waals surface area contributed by atoms with Gasteiger partial charge in [0.25, 0.3) is 0 Å². The van der Waals surface area contributed by atoms with Crippen LogP contribution in [0.5, 0.6) is 0 Å². The number of nitrogen functional groups attached to an aromatic ring is 1. The summed E-state index contributed by atoms with van der Waals surface area (Å²) in [4.78, 5) is 0. The molecule has 16 heavy (non-hydrogen) atoms. The third-order valence-electron chi connectivity index (χ3n) is 3.37. The number of nitrogens with zero attached hydrogens (tertiary/aromatic N) is 1. The Morgan fingerprint density at radius 1 is 1.38 bits per heavy atom. The van der Waals surface area contributed by atoms with Gasteiger partial charge in [0.15, 0.2) is 0 Å². The van der Waals surface area contributed by atoms with E-state index in [0.29, 0.717) is 11.3 Å². The van der Waals surface area contributed by atoms with Crippen LogP contribution in [-0.2, 0) is 0 Å². The lowest BCUT2D eigenvalue weighted by molar-refractivity contribution is 0.533. The summed E-state index contributed by atoms with van der Waals surface area (Å²) in [5.41, 5.74) is 8.09. The molecule has 0 amide bonds. The number of nitriles is 1. The lowest BCUT2D eigenvalue weighted by Crippen LogP contribution is -2.31. The molecule has 0 bridgehead atoms. The standard InChI is InChI=1S/C13H17N3/c1-13(7-2-3-8-13)16-11-6-4-5-10(9-14)12(11)15/h4-6,16H,2-3,7-8,15H2,1H3. The number of nitrogens with two attached hydrogens (primary N) is 1. The minimum absolute atomic E-state index is 0.141. The average Bonchev–Trinajstić information content (AvgIpc) is 2.68. The van der Waals surface area contributed by atoms with Gasteiger partial charge in [0.1, 0.15) is 6.07 Å². The highest BCUT2D eigenvalue weighted by Gasteiger charge is 2.28. The molecule has 1 saturated carbocycles. The summed E-state index contributed by atoms with van der Waals surface area (Å²) in [7, 11) is 0. The summed E-state index contributed by atoms with van der Waals surface area (Å²) in [6, 6.07) is 7.67. The SMILES string of the molecule is CC1(Nc2cccc(C#N)c2N)CCCC1. The van der Waals surface area contributed by atoms with Crippen molar-refractivity contribution in [1.29, 1.82) is 5.26 Å². The Kier molecular flexibility index (Phi) is 2.74. The van der Waals surface area contributed by atoms with Crippen molar-refractivity contribution in [3.8, 4) is 6.07 Å². The highest BCUT2D eigenvalue weighted by Crippen LogP contribution is 2.34. The third-order valence-corrected chi connectivity index (χ3v) is 3.37. The molecule has 2 rings (SSSR count). The number of benzene rings is 1. The van der Waals surface area contributed by atoms with Crippen molar-refractivity contribution < 1.29 is 0 Å². The molecule has 0 aromatic heterocycles. The smallest absolute Gasteiger partial charge is 0.101 e. The summed E-state index contributed by atoms with van der Waals surface area (Å²) < 4.78 is 0. The number of hydrogen-bond acceptors (Lipinski definition) is 3. The molecule has 3 N–H and O–H groups in total. The normalized spacial score (nSPS) is 18.0. The van der Waals surface area contributed by atoms with Gasteiger partial charge in [0.05, 0.1) is 16.9 Å². The van der Waals surface area contributed by atoms with Crippen LogP contribution in [0, 0.1) is 11.3 Å². The van der Waals surface area contributed by atoms with Crippen LogP contribution in [0.4, 0.5) is 11.4 Å². The Balaban J connectivity index is 2.25. The van der Waals surface area contributed by atoms with Crippen molar-refractivity contribution in [2.75, 3.05) is 11.1 Å². The first-order chi connectivity index (χ1) is 7.64. The summed E-state index contributed by atoms with van der Waals surface area (Å²) in [5, 5.41) is 12.4. The highest BCUT2D eigenvalue weighted by atomic mass is 15.0. The van der Waals surface area contributed by atoms with Gasteiger partial charge in [0.2, 0.25) is 0 Å². The second-order valence-corrected chi connectivity index (χ2v) is 4.77. The summed E-state index contributed by atoms with van der Waals surface area (Å²) in [6.07, 6.45) is 4.87. The molecule has 0 saturated heterocycles. The fourth-order valence-electron chi connectivity index (χ4n) is 2.38. The molecule has 1 fully saturated rings. The zero-order chi connectivity index (χ0) is 11.6. The minimum atomic E-state index is 0.141. The van der Waals surface area contributed by atoms with E-state index < -0.39 is 0 Å². The van der Waals surface area contributed by atoms with Crippen LogP contribution in [0.3, 0.4) is 0 Å². The van der Waals surface area contributed by atoms with Gasteiger partial charge in [-0.2, -0.15) is 5.26 Å².